The zero-order valence-electron chi connectivity index (χ0n) is 33.1. The second-order valence-electron chi connectivity index (χ2n) is 16.1. The van der Waals surface area contributed by atoms with Crippen molar-refractivity contribution >= 4 is 48.6 Å². The first-order chi connectivity index (χ1) is 29.0. The van der Waals surface area contributed by atoms with Gasteiger partial charge in [0.25, 0.3) is 0 Å². The molecule has 0 spiro atoms. The molecule has 0 unspecified atom stereocenters. The van der Waals surface area contributed by atoms with Gasteiger partial charge in [0.1, 0.15) is 0 Å². The fourth-order valence-electron chi connectivity index (χ4n) is 9.22. The first-order valence-corrected chi connectivity index (χ1v) is 21.2. The van der Waals surface area contributed by atoms with Gasteiger partial charge in [0.05, 0.1) is 0 Å². The molecule has 0 fully saturated rings. The van der Waals surface area contributed by atoms with E-state index in [9.17, 15) is 0 Å². The number of hydrogen-bond acceptors (Lipinski definition) is 2. The predicted octanol–water partition coefficient (Wildman–Crippen LogP) is 16.5. The lowest BCUT2D eigenvalue weighted by Crippen LogP contribution is -2.16. The van der Waals surface area contributed by atoms with Crippen LogP contribution in [0.5, 0.6) is 0 Å². The number of fused-ring (bicyclic) bond motifs is 6. The Balaban J connectivity index is 1.00. The van der Waals surface area contributed by atoms with Crippen molar-refractivity contribution in [3.63, 3.8) is 0 Å². The zero-order chi connectivity index (χ0) is 39.5. The third-order valence-electron chi connectivity index (χ3n) is 12.3. The summed E-state index contributed by atoms with van der Waals surface area (Å²) in [4.78, 5) is 2.42. The SMILES string of the molecule is CC1(C)c2cc(-c3ccccc3)ccc2-c2ccc(N(c3ccc(-c4ccc5sc6ccccc6c5c4)cc3)c3ccc(-c4ccccc4-c4ccccc4)cc3)cc21. The average Bonchev–Trinajstić information content (AvgIpc) is 3.78. The maximum atomic E-state index is 2.43. The van der Waals surface area contributed by atoms with Crippen molar-refractivity contribution in [1.82, 2.24) is 0 Å². The Kier molecular flexibility index (Phi) is 8.43. The third-order valence-corrected chi connectivity index (χ3v) is 13.5. The predicted molar refractivity (Wildman–Crippen MR) is 253 cm³/mol. The van der Waals surface area contributed by atoms with Gasteiger partial charge >= 0.3 is 0 Å². The molecule has 0 saturated carbocycles. The van der Waals surface area contributed by atoms with E-state index in [1.54, 1.807) is 0 Å². The molecular weight excluding hydrogens is 731 g/mol. The van der Waals surface area contributed by atoms with Crippen molar-refractivity contribution in [2.24, 2.45) is 0 Å². The van der Waals surface area contributed by atoms with Crippen LogP contribution in [0.25, 0.3) is 75.8 Å². The molecule has 2 heteroatoms. The molecule has 0 atom stereocenters. The lowest BCUT2D eigenvalue weighted by atomic mass is 9.81. The Morgan fingerprint density at radius 2 is 0.780 bits per heavy atom. The van der Waals surface area contributed by atoms with Gasteiger partial charge in [-0.3, -0.25) is 0 Å². The standard InChI is InChI=1S/C57H41NS/c1-57(2)53-36-43(38-13-5-3-6-14-38)25-32-49(53)50-33-31-46(37-54(50)57)58(45-29-23-41(24-30-45)48-18-10-9-17-47(48)40-15-7-4-8-16-40)44-27-21-39(22-28-44)42-26-34-56-52(35-42)51-19-11-12-20-55(51)59-56/h3-37H,1-2H3. The van der Waals surface area contributed by atoms with Crippen molar-refractivity contribution in [1.29, 1.82) is 0 Å². The van der Waals surface area contributed by atoms with Crippen LogP contribution >= 0.6 is 11.3 Å². The van der Waals surface area contributed by atoms with Crippen molar-refractivity contribution < 1.29 is 0 Å². The monoisotopic (exact) mass is 771 g/mol. The lowest BCUT2D eigenvalue weighted by molar-refractivity contribution is 0.660. The minimum atomic E-state index is -0.170. The maximum absolute atomic E-state index is 2.43. The summed E-state index contributed by atoms with van der Waals surface area (Å²) in [5.74, 6) is 0. The molecule has 59 heavy (non-hydrogen) atoms. The fourth-order valence-corrected chi connectivity index (χ4v) is 10.3. The lowest BCUT2D eigenvalue weighted by Gasteiger charge is -2.28. The first-order valence-electron chi connectivity index (χ1n) is 20.4. The molecule has 0 radical (unpaired) electrons. The molecule has 0 saturated heterocycles. The normalized spacial score (nSPS) is 12.7. The summed E-state index contributed by atoms with van der Waals surface area (Å²) in [7, 11) is 0. The Morgan fingerprint density at radius 1 is 0.322 bits per heavy atom. The summed E-state index contributed by atoms with van der Waals surface area (Å²) >= 11 is 1.86. The van der Waals surface area contributed by atoms with E-state index in [2.05, 4.69) is 231 Å². The van der Waals surface area contributed by atoms with E-state index in [-0.39, 0.29) is 5.41 Å². The van der Waals surface area contributed by atoms with Gasteiger partial charge in [0.15, 0.2) is 0 Å². The van der Waals surface area contributed by atoms with Crippen LogP contribution in [0, 0.1) is 0 Å². The van der Waals surface area contributed by atoms with E-state index in [1.807, 2.05) is 11.3 Å². The van der Waals surface area contributed by atoms with Crippen LogP contribution in [0.2, 0.25) is 0 Å². The number of benzene rings is 9. The zero-order valence-corrected chi connectivity index (χ0v) is 33.9. The Labute approximate surface area is 350 Å². The molecule has 1 aromatic heterocycles. The molecule has 1 nitrogen and oxygen atoms in total. The molecular formula is C57H41NS. The Bertz CT molecular complexity index is 3160. The van der Waals surface area contributed by atoms with Crippen LogP contribution in [-0.4, -0.2) is 0 Å². The number of hydrogen-bond donors (Lipinski definition) is 0. The molecule has 9 aromatic carbocycles. The average molecular weight is 772 g/mol. The second-order valence-corrected chi connectivity index (χ2v) is 17.2. The number of anilines is 3. The van der Waals surface area contributed by atoms with E-state index >= 15 is 0 Å². The highest BCUT2D eigenvalue weighted by Crippen LogP contribution is 2.52. The summed E-state index contributed by atoms with van der Waals surface area (Å²) in [5, 5.41) is 2.64. The van der Waals surface area contributed by atoms with Crippen LogP contribution < -0.4 is 4.90 Å². The highest BCUT2D eigenvalue weighted by molar-refractivity contribution is 7.25. The number of thiophene rings is 1. The van der Waals surface area contributed by atoms with Crippen LogP contribution in [0.1, 0.15) is 25.0 Å². The highest BCUT2D eigenvalue weighted by atomic mass is 32.1. The molecule has 1 aliphatic carbocycles. The Hall–Kier alpha value is -7.00. The smallest absolute Gasteiger partial charge is 0.0465 e. The fraction of sp³-hybridized carbons (Fsp3) is 0.0526. The van der Waals surface area contributed by atoms with Gasteiger partial charge in [-0.1, -0.05) is 166 Å². The van der Waals surface area contributed by atoms with Gasteiger partial charge in [0, 0.05) is 42.6 Å². The van der Waals surface area contributed by atoms with E-state index in [0.29, 0.717) is 0 Å². The van der Waals surface area contributed by atoms with Crippen LogP contribution in [0.15, 0.2) is 212 Å². The topological polar surface area (TPSA) is 3.24 Å². The van der Waals surface area contributed by atoms with E-state index in [4.69, 9.17) is 0 Å². The van der Waals surface area contributed by atoms with E-state index in [0.717, 1.165) is 17.1 Å². The first kappa shape index (κ1) is 35.2. The van der Waals surface area contributed by atoms with Gasteiger partial charge in [-0.2, -0.15) is 0 Å². The summed E-state index contributed by atoms with van der Waals surface area (Å²) in [6.45, 7) is 4.75. The van der Waals surface area contributed by atoms with Crippen LogP contribution in [0.4, 0.5) is 17.1 Å². The summed E-state index contributed by atoms with van der Waals surface area (Å²) in [6, 6.07) is 78.0. The molecule has 10 aromatic rings. The minimum Gasteiger partial charge on any atom is -0.310 e. The van der Waals surface area contributed by atoms with Crippen molar-refractivity contribution in [2.75, 3.05) is 4.90 Å². The van der Waals surface area contributed by atoms with Crippen molar-refractivity contribution in [2.45, 2.75) is 19.3 Å². The molecule has 0 amide bonds. The number of nitrogens with zero attached hydrogens (tertiary/aromatic N) is 1. The maximum Gasteiger partial charge on any atom is 0.0465 e. The van der Waals surface area contributed by atoms with Crippen LogP contribution in [0.3, 0.4) is 0 Å². The minimum absolute atomic E-state index is 0.170. The summed E-state index contributed by atoms with van der Waals surface area (Å²) in [5.41, 5.74) is 18.4. The van der Waals surface area contributed by atoms with Gasteiger partial charge in [0.2, 0.25) is 0 Å². The van der Waals surface area contributed by atoms with Crippen LogP contribution in [-0.2, 0) is 5.41 Å². The largest absolute Gasteiger partial charge is 0.310 e. The van der Waals surface area contributed by atoms with Gasteiger partial charge in [-0.25, -0.2) is 0 Å². The molecule has 0 aliphatic heterocycles. The van der Waals surface area contributed by atoms with Crippen molar-refractivity contribution in [3.8, 4) is 55.6 Å². The second kappa shape index (κ2) is 14.1. The third kappa shape index (κ3) is 6.07. The van der Waals surface area contributed by atoms with Gasteiger partial charge < -0.3 is 4.90 Å². The van der Waals surface area contributed by atoms with E-state index in [1.165, 1.54) is 86.9 Å². The molecule has 11 rings (SSSR count). The quantitative estimate of drug-likeness (QED) is 0.156. The molecule has 1 aliphatic rings. The van der Waals surface area contributed by atoms with Crippen molar-refractivity contribution in [3.05, 3.63) is 223 Å². The van der Waals surface area contributed by atoms with Gasteiger partial charge in [-0.05, 0) is 127 Å². The Morgan fingerprint density at radius 3 is 1.47 bits per heavy atom. The molecule has 0 N–H and O–H groups in total. The molecule has 280 valence electrons. The summed E-state index contributed by atoms with van der Waals surface area (Å²) in [6.07, 6.45) is 0. The van der Waals surface area contributed by atoms with E-state index < -0.39 is 0 Å². The summed E-state index contributed by atoms with van der Waals surface area (Å²) < 4.78 is 2.66. The van der Waals surface area contributed by atoms with Gasteiger partial charge in [-0.15, -0.1) is 11.3 Å². The highest BCUT2D eigenvalue weighted by Gasteiger charge is 2.36. The molecule has 0 bridgehead atoms. The number of rotatable bonds is 7. The molecule has 1 heterocycles.